The van der Waals surface area contributed by atoms with Gasteiger partial charge >= 0.3 is 0 Å². The van der Waals surface area contributed by atoms with Gasteiger partial charge in [0.2, 0.25) is 12.4 Å². The molecule has 0 spiro atoms. The number of benzene rings is 1. The van der Waals surface area contributed by atoms with Gasteiger partial charge in [-0.3, -0.25) is 0 Å². The summed E-state index contributed by atoms with van der Waals surface area (Å²) in [4.78, 5) is 12.7. The third-order valence-corrected chi connectivity index (χ3v) is 2.31. The molecule has 4 heteroatoms. The van der Waals surface area contributed by atoms with E-state index in [9.17, 15) is 9.18 Å². The van der Waals surface area contributed by atoms with Crippen molar-refractivity contribution < 1.29 is 9.18 Å². The Kier molecular flexibility index (Phi) is 3.80. The highest BCUT2D eigenvalue weighted by atomic mass is 79.9. The minimum absolute atomic E-state index is 0.0939. The van der Waals surface area contributed by atoms with Gasteiger partial charge in [-0.2, -0.15) is 4.99 Å². The first-order valence-electron chi connectivity index (χ1n) is 3.68. The number of alkyl halides is 1. The van der Waals surface area contributed by atoms with Crippen LogP contribution >= 0.6 is 15.9 Å². The molecule has 0 fully saturated rings. The molecule has 0 aromatic heterocycles. The number of hydrogen-bond acceptors (Lipinski definition) is 2. The van der Waals surface area contributed by atoms with E-state index in [1.807, 2.05) is 12.1 Å². The van der Waals surface area contributed by atoms with Crippen LogP contribution in [0, 0.1) is 0 Å². The predicted molar refractivity (Wildman–Crippen MR) is 50.9 cm³/mol. The molecule has 0 aliphatic rings. The Hall–Kier alpha value is -0.990. The van der Waals surface area contributed by atoms with E-state index in [0.717, 1.165) is 10.0 Å². The van der Waals surface area contributed by atoms with Gasteiger partial charge in [-0.05, 0) is 11.6 Å². The Bertz CT molecular complexity index is 336. The number of rotatable bonds is 3. The van der Waals surface area contributed by atoms with Gasteiger partial charge in [0.05, 0.1) is 0 Å². The molecule has 2 nitrogen and oxygen atoms in total. The van der Waals surface area contributed by atoms with Crippen molar-refractivity contribution in [1.82, 2.24) is 0 Å². The molecular weight excluding hydrogens is 237 g/mol. The molecular formula is C9H7BrFNO. The number of hydrogen-bond donors (Lipinski definition) is 0. The zero-order valence-electron chi connectivity index (χ0n) is 6.71. The number of carbonyl (C=O) groups excluding carboxylic acids is 1. The van der Waals surface area contributed by atoms with Crippen molar-refractivity contribution in [3.05, 3.63) is 34.3 Å². The maximum absolute atomic E-state index is 12.8. The minimum atomic E-state index is -1.50. The fourth-order valence-corrected chi connectivity index (χ4v) is 1.39. The highest BCUT2D eigenvalue weighted by Crippen LogP contribution is 2.18. The van der Waals surface area contributed by atoms with E-state index in [1.165, 1.54) is 6.08 Å². The molecule has 1 rings (SSSR count). The van der Waals surface area contributed by atoms with Crippen LogP contribution in [0.5, 0.6) is 0 Å². The van der Waals surface area contributed by atoms with E-state index in [2.05, 4.69) is 20.9 Å². The van der Waals surface area contributed by atoms with Crippen LogP contribution < -0.4 is 0 Å². The maximum Gasteiger partial charge on any atom is 0.237 e. The Labute approximate surface area is 83.6 Å². The summed E-state index contributed by atoms with van der Waals surface area (Å²) in [7, 11) is 0. The molecule has 1 aromatic carbocycles. The fourth-order valence-electron chi connectivity index (χ4n) is 0.948. The van der Waals surface area contributed by atoms with E-state index in [1.54, 1.807) is 12.1 Å². The van der Waals surface area contributed by atoms with Crippen molar-refractivity contribution in [3.63, 3.8) is 0 Å². The zero-order valence-corrected chi connectivity index (χ0v) is 8.29. The first kappa shape index (κ1) is 10.1. The molecule has 0 bridgehead atoms. The van der Waals surface area contributed by atoms with E-state index in [0.29, 0.717) is 0 Å². The second-order valence-electron chi connectivity index (χ2n) is 2.45. The molecule has 1 atom stereocenters. The highest BCUT2D eigenvalue weighted by Gasteiger charge is 2.07. The summed E-state index contributed by atoms with van der Waals surface area (Å²) >= 11 is 3.27. The van der Waals surface area contributed by atoms with Gasteiger partial charge in [0.25, 0.3) is 0 Å². The molecule has 0 saturated heterocycles. The maximum atomic E-state index is 12.8. The van der Waals surface area contributed by atoms with Gasteiger partial charge in [0, 0.05) is 10.9 Å². The molecule has 0 radical (unpaired) electrons. The van der Waals surface area contributed by atoms with Crippen LogP contribution in [0.4, 0.5) is 4.39 Å². The molecule has 1 unspecified atom stereocenters. The molecule has 0 amide bonds. The van der Waals surface area contributed by atoms with Gasteiger partial charge in [0.15, 0.2) is 0 Å². The SMILES string of the molecule is O=C=NC(F)Cc1ccccc1Br. The van der Waals surface area contributed by atoms with Crippen LogP contribution in [0.2, 0.25) is 0 Å². The van der Waals surface area contributed by atoms with Crippen LogP contribution in [0.1, 0.15) is 5.56 Å². The lowest BCUT2D eigenvalue weighted by molar-refractivity contribution is 0.343. The Morgan fingerprint density at radius 1 is 1.54 bits per heavy atom. The number of aliphatic imine (C=N–C) groups is 1. The van der Waals surface area contributed by atoms with Crippen molar-refractivity contribution in [3.8, 4) is 0 Å². The van der Waals surface area contributed by atoms with Crippen molar-refractivity contribution in [1.29, 1.82) is 0 Å². The molecule has 68 valence electrons. The quantitative estimate of drug-likeness (QED) is 0.456. The fraction of sp³-hybridized carbons (Fsp3) is 0.222. The average Bonchev–Trinajstić information content (AvgIpc) is 2.09. The third-order valence-electron chi connectivity index (χ3n) is 1.54. The Morgan fingerprint density at radius 2 is 2.23 bits per heavy atom. The summed E-state index contributed by atoms with van der Waals surface area (Å²) in [5.74, 6) is 0. The Balaban J connectivity index is 2.74. The van der Waals surface area contributed by atoms with E-state index in [4.69, 9.17) is 0 Å². The summed E-state index contributed by atoms with van der Waals surface area (Å²) in [6.45, 7) is 0. The van der Waals surface area contributed by atoms with Gasteiger partial charge < -0.3 is 0 Å². The summed E-state index contributed by atoms with van der Waals surface area (Å²) in [6, 6.07) is 7.23. The number of isocyanates is 1. The molecule has 0 N–H and O–H groups in total. The monoisotopic (exact) mass is 243 g/mol. The molecule has 1 aromatic rings. The molecule has 0 aliphatic carbocycles. The first-order valence-corrected chi connectivity index (χ1v) is 4.48. The largest absolute Gasteiger partial charge is 0.237 e. The summed E-state index contributed by atoms with van der Waals surface area (Å²) in [6.07, 6.45) is -0.218. The van der Waals surface area contributed by atoms with Crippen LogP contribution in [0.3, 0.4) is 0 Å². The predicted octanol–water partition coefficient (Wildman–Crippen LogP) is 2.62. The van der Waals surface area contributed by atoms with Gasteiger partial charge in [-0.25, -0.2) is 9.18 Å². The lowest BCUT2D eigenvalue weighted by Crippen LogP contribution is -2.01. The van der Waals surface area contributed by atoms with Crippen molar-refractivity contribution in [2.45, 2.75) is 12.7 Å². The second kappa shape index (κ2) is 4.90. The first-order chi connectivity index (χ1) is 6.24. The van der Waals surface area contributed by atoms with Crippen LogP contribution in [-0.2, 0) is 11.2 Å². The second-order valence-corrected chi connectivity index (χ2v) is 3.30. The summed E-state index contributed by atoms with van der Waals surface area (Å²) in [5.41, 5.74) is 0.786. The van der Waals surface area contributed by atoms with Gasteiger partial charge in [-0.1, -0.05) is 34.1 Å². The lowest BCUT2D eigenvalue weighted by atomic mass is 10.1. The van der Waals surface area contributed by atoms with Crippen LogP contribution in [-0.4, -0.2) is 12.4 Å². The highest BCUT2D eigenvalue weighted by molar-refractivity contribution is 9.10. The topological polar surface area (TPSA) is 29.4 Å². The molecule has 0 saturated carbocycles. The van der Waals surface area contributed by atoms with Gasteiger partial charge in [-0.15, -0.1) is 0 Å². The van der Waals surface area contributed by atoms with Crippen LogP contribution in [0.25, 0.3) is 0 Å². The zero-order chi connectivity index (χ0) is 9.68. The van der Waals surface area contributed by atoms with Crippen LogP contribution in [0.15, 0.2) is 33.7 Å². The van der Waals surface area contributed by atoms with Crippen molar-refractivity contribution in [2.75, 3.05) is 0 Å². The summed E-state index contributed by atoms with van der Waals surface area (Å²) < 4.78 is 13.6. The minimum Gasteiger partial charge on any atom is -0.221 e. The smallest absolute Gasteiger partial charge is 0.221 e. The van der Waals surface area contributed by atoms with E-state index >= 15 is 0 Å². The lowest BCUT2D eigenvalue weighted by Gasteiger charge is -2.03. The number of nitrogens with zero attached hydrogens (tertiary/aromatic N) is 1. The van der Waals surface area contributed by atoms with Crippen molar-refractivity contribution in [2.24, 2.45) is 4.99 Å². The third kappa shape index (κ3) is 3.09. The summed E-state index contributed by atoms with van der Waals surface area (Å²) in [5, 5.41) is 0. The molecule has 0 heterocycles. The normalized spacial score (nSPS) is 11.8. The van der Waals surface area contributed by atoms with Crippen molar-refractivity contribution >= 4 is 22.0 Å². The van der Waals surface area contributed by atoms with E-state index in [-0.39, 0.29) is 6.42 Å². The molecule has 0 aliphatic heterocycles. The average molecular weight is 244 g/mol. The van der Waals surface area contributed by atoms with E-state index < -0.39 is 6.30 Å². The number of halogens is 2. The van der Waals surface area contributed by atoms with Gasteiger partial charge in [0.1, 0.15) is 0 Å². The molecule has 13 heavy (non-hydrogen) atoms. The standard InChI is InChI=1S/C9H7BrFNO/c10-8-4-2-1-3-7(8)5-9(11)12-6-13/h1-4,9H,5H2. The Morgan fingerprint density at radius 3 is 2.85 bits per heavy atom.